The van der Waals surface area contributed by atoms with E-state index in [-0.39, 0.29) is 20.9 Å². The standard InChI is InChI=1S/C11H8BrF2N3O2S/c1-17-11(15-9(18)10(19)16-17)20-4-5-7(13)3-2-6(12)8(5)14/h2-3H,4H2,1H3,(H,16,19). The van der Waals surface area contributed by atoms with E-state index < -0.39 is 22.8 Å². The normalized spacial score (nSPS) is 10.8. The van der Waals surface area contributed by atoms with Gasteiger partial charge in [0.2, 0.25) is 0 Å². The molecule has 0 saturated heterocycles. The first-order valence-electron chi connectivity index (χ1n) is 5.32. The number of aromatic nitrogens is 3. The van der Waals surface area contributed by atoms with Crippen LogP contribution in [0, 0.1) is 11.6 Å². The molecule has 0 unspecified atom stereocenters. The summed E-state index contributed by atoms with van der Waals surface area (Å²) in [6.45, 7) is 0. The number of rotatable bonds is 3. The van der Waals surface area contributed by atoms with E-state index >= 15 is 0 Å². The van der Waals surface area contributed by atoms with Crippen molar-refractivity contribution in [2.24, 2.45) is 7.05 Å². The maximum absolute atomic E-state index is 13.8. The average Bonchev–Trinajstić information content (AvgIpc) is 2.40. The summed E-state index contributed by atoms with van der Waals surface area (Å²) in [7, 11) is 1.48. The minimum atomic E-state index is -0.944. The summed E-state index contributed by atoms with van der Waals surface area (Å²) in [5.41, 5.74) is -1.93. The quantitative estimate of drug-likeness (QED) is 0.513. The molecule has 2 aromatic rings. The van der Waals surface area contributed by atoms with E-state index in [4.69, 9.17) is 0 Å². The number of nitrogens with one attached hydrogen (secondary N) is 1. The molecule has 1 N–H and O–H groups in total. The second-order valence-electron chi connectivity index (χ2n) is 3.81. The second kappa shape index (κ2) is 5.88. The lowest BCUT2D eigenvalue weighted by molar-refractivity contribution is 0.560. The summed E-state index contributed by atoms with van der Waals surface area (Å²) in [5, 5.41) is 2.41. The molecule has 0 spiro atoms. The highest BCUT2D eigenvalue weighted by Crippen LogP contribution is 2.27. The Hall–Kier alpha value is -1.48. The predicted molar refractivity (Wildman–Crippen MR) is 73.7 cm³/mol. The lowest BCUT2D eigenvalue weighted by Crippen LogP contribution is -2.33. The zero-order valence-corrected chi connectivity index (χ0v) is 12.5. The van der Waals surface area contributed by atoms with Crippen LogP contribution in [-0.2, 0) is 12.8 Å². The fourth-order valence-corrected chi connectivity index (χ4v) is 2.72. The Labute approximate surface area is 124 Å². The van der Waals surface area contributed by atoms with Crippen molar-refractivity contribution in [2.45, 2.75) is 10.9 Å². The average molecular weight is 364 g/mol. The molecule has 5 nitrogen and oxygen atoms in total. The first kappa shape index (κ1) is 14.9. The Morgan fingerprint density at radius 1 is 1.40 bits per heavy atom. The fraction of sp³-hybridized carbons (Fsp3) is 0.182. The van der Waals surface area contributed by atoms with Gasteiger partial charge in [-0.1, -0.05) is 11.8 Å². The molecule has 0 fully saturated rings. The molecule has 0 aliphatic rings. The smallest absolute Gasteiger partial charge is 0.265 e. The molecule has 1 heterocycles. The lowest BCUT2D eigenvalue weighted by Gasteiger charge is -2.08. The van der Waals surface area contributed by atoms with E-state index in [1.165, 1.54) is 17.8 Å². The SMILES string of the molecule is Cn1[nH]c(=O)c(=O)nc1SCc1c(F)ccc(Br)c1F. The van der Waals surface area contributed by atoms with Crippen LogP contribution in [0.25, 0.3) is 0 Å². The van der Waals surface area contributed by atoms with E-state index in [2.05, 4.69) is 26.0 Å². The molecule has 0 saturated carbocycles. The van der Waals surface area contributed by atoms with E-state index in [0.29, 0.717) is 0 Å². The highest BCUT2D eigenvalue weighted by atomic mass is 79.9. The summed E-state index contributed by atoms with van der Waals surface area (Å²) in [4.78, 5) is 25.7. The number of aromatic amines is 1. The van der Waals surface area contributed by atoms with Gasteiger partial charge in [0, 0.05) is 18.4 Å². The van der Waals surface area contributed by atoms with Gasteiger partial charge >= 0.3 is 11.1 Å². The van der Waals surface area contributed by atoms with Crippen LogP contribution < -0.4 is 11.1 Å². The van der Waals surface area contributed by atoms with Crippen LogP contribution in [0.15, 0.2) is 31.4 Å². The largest absolute Gasteiger partial charge is 0.339 e. The van der Waals surface area contributed by atoms with Crippen LogP contribution in [0.4, 0.5) is 8.78 Å². The van der Waals surface area contributed by atoms with Crippen LogP contribution in [0.3, 0.4) is 0 Å². The number of H-pyrrole nitrogens is 1. The Kier molecular flexibility index (Phi) is 4.39. The van der Waals surface area contributed by atoms with E-state index in [9.17, 15) is 18.4 Å². The monoisotopic (exact) mass is 363 g/mol. The Bertz CT molecular complexity index is 775. The van der Waals surface area contributed by atoms with Gasteiger partial charge in [0.05, 0.1) is 4.47 Å². The van der Waals surface area contributed by atoms with Crippen molar-refractivity contribution in [3.63, 3.8) is 0 Å². The maximum Gasteiger partial charge on any atom is 0.339 e. The van der Waals surface area contributed by atoms with Crippen LogP contribution >= 0.6 is 27.7 Å². The number of hydrogen-bond acceptors (Lipinski definition) is 4. The topological polar surface area (TPSA) is 67.8 Å². The van der Waals surface area contributed by atoms with Gasteiger partial charge in [0.25, 0.3) is 0 Å². The van der Waals surface area contributed by atoms with Crippen LogP contribution in [0.1, 0.15) is 5.56 Å². The molecular formula is C11H8BrF2N3O2S. The zero-order chi connectivity index (χ0) is 14.9. The van der Waals surface area contributed by atoms with Gasteiger partial charge in [0.15, 0.2) is 5.16 Å². The molecule has 2 rings (SSSR count). The van der Waals surface area contributed by atoms with Gasteiger partial charge in [-0.3, -0.25) is 19.4 Å². The third kappa shape index (κ3) is 2.98. The maximum atomic E-state index is 13.8. The molecule has 1 aromatic heterocycles. The van der Waals surface area contributed by atoms with Gasteiger partial charge in [0.1, 0.15) is 11.6 Å². The summed E-state index contributed by atoms with van der Waals surface area (Å²) in [5.74, 6) is -1.46. The van der Waals surface area contributed by atoms with Gasteiger partial charge in [-0.05, 0) is 28.1 Å². The minimum Gasteiger partial charge on any atom is -0.265 e. The molecule has 20 heavy (non-hydrogen) atoms. The number of halogens is 3. The molecule has 0 amide bonds. The summed E-state index contributed by atoms with van der Waals surface area (Å²) < 4.78 is 28.7. The van der Waals surface area contributed by atoms with Gasteiger partial charge in [-0.2, -0.15) is 4.98 Å². The highest BCUT2D eigenvalue weighted by molar-refractivity contribution is 9.10. The summed E-state index contributed by atoms with van der Waals surface area (Å²) in [6.07, 6.45) is 0. The first-order chi connectivity index (χ1) is 9.40. The molecule has 9 heteroatoms. The van der Waals surface area contributed by atoms with Crippen molar-refractivity contribution >= 4 is 27.7 Å². The predicted octanol–water partition coefficient (Wildman–Crippen LogP) is 1.80. The Morgan fingerprint density at radius 3 is 2.80 bits per heavy atom. The Morgan fingerprint density at radius 2 is 2.10 bits per heavy atom. The van der Waals surface area contributed by atoms with Crippen molar-refractivity contribution in [1.82, 2.24) is 14.8 Å². The van der Waals surface area contributed by atoms with E-state index in [1.807, 2.05) is 0 Å². The van der Waals surface area contributed by atoms with E-state index in [0.717, 1.165) is 17.8 Å². The molecule has 0 aliphatic heterocycles. The van der Waals surface area contributed by atoms with Gasteiger partial charge in [-0.25, -0.2) is 8.78 Å². The molecule has 106 valence electrons. The molecule has 0 aliphatic carbocycles. The zero-order valence-electron chi connectivity index (χ0n) is 10.1. The second-order valence-corrected chi connectivity index (χ2v) is 5.61. The molecule has 0 atom stereocenters. The number of thioether (sulfide) groups is 1. The fourth-order valence-electron chi connectivity index (χ4n) is 1.43. The third-order valence-electron chi connectivity index (χ3n) is 2.43. The summed E-state index contributed by atoms with van der Waals surface area (Å²) in [6, 6.07) is 2.41. The van der Waals surface area contributed by atoms with Gasteiger partial charge < -0.3 is 0 Å². The van der Waals surface area contributed by atoms with Gasteiger partial charge in [-0.15, -0.1) is 0 Å². The van der Waals surface area contributed by atoms with Crippen LogP contribution in [-0.4, -0.2) is 14.8 Å². The van der Waals surface area contributed by atoms with Crippen LogP contribution in [0.5, 0.6) is 0 Å². The van der Waals surface area contributed by atoms with Crippen molar-refractivity contribution in [2.75, 3.05) is 0 Å². The number of benzene rings is 1. The van der Waals surface area contributed by atoms with Crippen molar-refractivity contribution < 1.29 is 8.78 Å². The van der Waals surface area contributed by atoms with E-state index in [1.54, 1.807) is 0 Å². The van der Waals surface area contributed by atoms with Crippen LogP contribution in [0.2, 0.25) is 0 Å². The highest BCUT2D eigenvalue weighted by Gasteiger charge is 2.14. The minimum absolute atomic E-state index is 0.0660. The lowest BCUT2D eigenvalue weighted by atomic mass is 10.2. The number of aryl methyl sites for hydroxylation is 1. The summed E-state index contributed by atoms with van der Waals surface area (Å²) >= 11 is 3.91. The number of hydrogen-bond donors (Lipinski definition) is 1. The molecule has 0 bridgehead atoms. The molecular weight excluding hydrogens is 356 g/mol. The van der Waals surface area contributed by atoms with Crippen molar-refractivity contribution in [3.8, 4) is 0 Å². The van der Waals surface area contributed by atoms with Crippen molar-refractivity contribution in [1.29, 1.82) is 0 Å². The molecule has 0 radical (unpaired) electrons. The first-order valence-corrected chi connectivity index (χ1v) is 7.10. The Balaban J connectivity index is 2.30. The number of nitrogens with zero attached hydrogens (tertiary/aromatic N) is 2. The molecule has 1 aromatic carbocycles. The van der Waals surface area contributed by atoms with Crippen molar-refractivity contribution in [3.05, 3.63) is 54.5 Å². The third-order valence-corrected chi connectivity index (χ3v) is 4.10.